The number of hydrogen-bond acceptors (Lipinski definition) is 3. The van der Waals surface area contributed by atoms with Crippen LogP contribution in [-0.4, -0.2) is 11.4 Å². The quantitative estimate of drug-likeness (QED) is 0.347. The van der Waals surface area contributed by atoms with Crippen LogP contribution in [0.3, 0.4) is 0 Å². The fourth-order valence-electron chi connectivity index (χ4n) is 0.164. The Labute approximate surface area is 42.4 Å². The summed E-state index contributed by atoms with van der Waals surface area (Å²) >= 11 is 0. The smallest absolute Gasteiger partial charge is 0.193 e. The molecule has 0 heterocycles. The lowest BCUT2D eigenvalue weighted by Crippen LogP contribution is -2.07. The lowest BCUT2D eigenvalue weighted by atomic mass is 10.7. The first-order valence-electron chi connectivity index (χ1n) is 1.92. The van der Waals surface area contributed by atoms with E-state index in [4.69, 9.17) is 10.5 Å². The highest BCUT2D eigenvalue weighted by Crippen LogP contribution is 1.74. The second kappa shape index (κ2) is 2.99. The average Bonchev–Trinajstić information content (AvgIpc) is 1.72. The molecule has 0 unspecified atom stereocenters. The van der Waals surface area contributed by atoms with Crippen molar-refractivity contribution in [3.05, 3.63) is 0 Å². The predicted octanol–water partition coefficient (Wildman–Crippen LogP) is 0.270. The van der Waals surface area contributed by atoms with Gasteiger partial charge in [0.1, 0.15) is 0 Å². The van der Waals surface area contributed by atoms with Crippen molar-refractivity contribution in [2.24, 2.45) is 0 Å². The fourth-order valence-corrected chi connectivity index (χ4v) is 0.164. The van der Waals surface area contributed by atoms with E-state index in [0.29, 0.717) is 6.54 Å². The molecule has 0 bridgehead atoms. The van der Waals surface area contributed by atoms with E-state index < -0.39 is 0 Å². The average molecular weight is 95.1 g/mol. The number of hydrogen-bond donors (Lipinski definition) is 0. The van der Waals surface area contributed by atoms with Gasteiger partial charge in [-0.3, -0.25) is 0 Å². The molecule has 0 N–H and O–H groups in total. The normalized spacial score (nSPS) is 6.14. The highest BCUT2D eigenvalue weighted by molar-refractivity contribution is 4.84. The Morgan fingerprint density at radius 1 is 1.43 bits per heavy atom. The largest absolute Gasteiger partial charge is 0.216 e. The Bertz CT molecular complexity index is 102. The summed E-state index contributed by atoms with van der Waals surface area (Å²) in [4.78, 5) is 0.986. The SMILES string of the molecule is CCN(C#N)C#N. The van der Waals surface area contributed by atoms with Crippen LogP contribution in [0.1, 0.15) is 6.92 Å². The molecule has 0 radical (unpaired) electrons. The maximum absolute atomic E-state index is 7.98. The van der Waals surface area contributed by atoms with E-state index >= 15 is 0 Å². The van der Waals surface area contributed by atoms with Gasteiger partial charge in [0.05, 0.1) is 0 Å². The van der Waals surface area contributed by atoms with Crippen LogP contribution in [0.5, 0.6) is 0 Å². The van der Waals surface area contributed by atoms with Crippen molar-refractivity contribution in [2.45, 2.75) is 6.92 Å². The van der Waals surface area contributed by atoms with Gasteiger partial charge in [-0.05, 0) is 6.92 Å². The third-order valence-electron chi connectivity index (χ3n) is 0.558. The first-order chi connectivity index (χ1) is 3.35. The molecule has 0 aliphatic rings. The maximum atomic E-state index is 7.98. The zero-order chi connectivity index (χ0) is 5.70. The number of nitriles is 2. The second-order valence-corrected chi connectivity index (χ2v) is 0.944. The molecule has 0 saturated carbocycles. The molecule has 0 aromatic rings. The second-order valence-electron chi connectivity index (χ2n) is 0.944. The third kappa shape index (κ3) is 1.62. The molecule has 0 rings (SSSR count). The predicted molar refractivity (Wildman–Crippen MR) is 23.6 cm³/mol. The van der Waals surface area contributed by atoms with Crippen molar-refractivity contribution in [1.29, 1.82) is 10.5 Å². The van der Waals surface area contributed by atoms with Gasteiger partial charge >= 0.3 is 0 Å². The van der Waals surface area contributed by atoms with Crippen molar-refractivity contribution in [2.75, 3.05) is 6.54 Å². The van der Waals surface area contributed by atoms with E-state index in [1.165, 1.54) is 0 Å². The fraction of sp³-hybridized carbons (Fsp3) is 0.500. The van der Waals surface area contributed by atoms with Gasteiger partial charge in [-0.25, -0.2) is 4.90 Å². The van der Waals surface area contributed by atoms with Gasteiger partial charge in [0, 0.05) is 6.54 Å². The van der Waals surface area contributed by atoms with Gasteiger partial charge in [0.2, 0.25) is 0 Å². The van der Waals surface area contributed by atoms with E-state index in [1.807, 2.05) is 0 Å². The Balaban J connectivity index is 3.50. The molecule has 3 heteroatoms. The van der Waals surface area contributed by atoms with Gasteiger partial charge in [-0.1, -0.05) is 0 Å². The summed E-state index contributed by atoms with van der Waals surface area (Å²) in [5.74, 6) is 0. The van der Waals surface area contributed by atoms with Gasteiger partial charge in [-0.15, -0.1) is 0 Å². The van der Waals surface area contributed by atoms with E-state index in [9.17, 15) is 0 Å². The minimum absolute atomic E-state index is 0.465. The number of nitrogens with zero attached hydrogens (tertiary/aromatic N) is 3. The van der Waals surface area contributed by atoms with Crippen molar-refractivity contribution in [1.82, 2.24) is 4.90 Å². The van der Waals surface area contributed by atoms with E-state index in [-0.39, 0.29) is 0 Å². The van der Waals surface area contributed by atoms with E-state index in [0.717, 1.165) is 4.90 Å². The van der Waals surface area contributed by atoms with Crippen LogP contribution < -0.4 is 0 Å². The highest BCUT2D eigenvalue weighted by Gasteiger charge is 1.87. The zero-order valence-corrected chi connectivity index (χ0v) is 4.05. The van der Waals surface area contributed by atoms with E-state index in [1.54, 1.807) is 19.3 Å². The molecular weight excluding hydrogens is 90.1 g/mol. The first kappa shape index (κ1) is 5.78. The molecule has 7 heavy (non-hydrogen) atoms. The molecule has 0 saturated heterocycles. The standard InChI is InChI=1S/C4H5N3/c1-2-7(3-5)4-6/h2H2,1H3. The molecule has 0 aromatic heterocycles. The summed E-state index contributed by atoms with van der Waals surface area (Å²) in [6, 6.07) is 0. The third-order valence-corrected chi connectivity index (χ3v) is 0.558. The summed E-state index contributed by atoms with van der Waals surface area (Å²) in [6.07, 6.45) is 3.35. The molecule has 0 atom stereocenters. The van der Waals surface area contributed by atoms with Crippen LogP contribution in [0.4, 0.5) is 0 Å². The van der Waals surface area contributed by atoms with Crippen molar-refractivity contribution in [3.63, 3.8) is 0 Å². The van der Waals surface area contributed by atoms with Crippen LogP contribution in [0.25, 0.3) is 0 Å². The summed E-state index contributed by atoms with van der Waals surface area (Å²) in [6.45, 7) is 2.21. The first-order valence-corrected chi connectivity index (χ1v) is 1.92. The van der Waals surface area contributed by atoms with Crippen molar-refractivity contribution < 1.29 is 0 Å². The van der Waals surface area contributed by atoms with Crippen molar-refractivity contribution in [3.8, 4) is 12.4 Å². The molecule has 0 aliphatic carbocycles. The van der Waals surface area contributed by atoms with Gasteiger partial charge < -0.3 is 0 Å². The molecule has 0 amide bonds. The monoisotopic (exact) mass is 95.0 g/mol. The number of rotatable bonds is 1. The Kier molecular flexibility index (Phi) is 2.47. The van der Waals surface area contributed by atoms with Gasteiger partial charge in [0.25, 0.3) is 0 Å². The molecule has 0 aliphatic heterocycles. The molecular formula is C4H5N3. The summed E-state index contributed by atoms with van der Waals surface area (Å²) in [7, 11) is 0. The van der Waals surface area contributed by atoms with E-state index in [2.05, 4.69) is 0 Å². The highest BCUT2D eigenvalue weighted by atomic mass is 15.1. The minimum Gasteiger partial charge on any atom is -0.216 e. The molecule has 0 aromatic carbocycles. The van der Waals surface area contributed by atoms with Crippen molar-refractivity contribution >= 4 is 0 Å². The summed E-state index contributed by atoms with van der Waals surface area (Å²) in [5.41, 5.74) is 0. The van der Waals surface area contributed by atoms with Crippen LogP contribution in [0, 0.1) is 22.9 Å². The van der Waals surface area contributed by atoms with Crippen LogP contribution in [0.2, 0.25) is 0 Å². The summed E-state index contributed by atoms with van der Waals surface area (Å²) < 4.78 is 0. The van der Waals surface area contributed by atoms with Gasteiger partial charge in [0.15, 0.2) is 12.4 Å². The maximum Gasteiger partial charge on any atom is 0.193 e. The minimum atomic E-state index is 0.465. The lowest BCUT2D eigenvalue weighted by molar-refractivity contribution is 0.576. The van der Waals surface area contributed by atoms with Crippen LogP contribution >= 0.6 is 0 Å². The topological polar surface area (TPSA) is 50.8 Å². The summed E-state index contributed by atoms with van der Waals surface area (Å²) in [5, 5.41) is 16.0. The van der Waals surface area contributed by atoms with Gasteiger partial charge in [-0.2, -0.15) is 10.5 Å². The Morgan fingerprint density at radius 2 is 1.86 bits per heavy atom. The van der Waals surface area contributed by atoms with Crippen LogP contribution in [0.15, 0.2) is 0 Å². The lowest BCUT2D eigenvalue weighted by Gasteiger charge is -1.94. The Hall–Kier alpha value is -1.22. The van der Waals surface area contributed by atoms with Crippen LogP contribution in [-0.2, 0) is 0 Å². The molecule has 0 fully saturated rings. The Morgan fingerprint density at radius 3 is 1.86 bits per heavy atom. The molecule has 36 valence electrons. The molecule has 3 nitrogen and oxygen atoms in total. The zero-order valence-electron chi connectivity index (χ0n) is 4.05. The molecule has 0 spiro atoms.